The van der Waals surface area contributed by atoms with Crippen molar-refractivity contribution in [3.63, 3.8) is 0 Å². The van der Waals surface area contributed by atoms with Crippen molar-refractivity contribution in [1.82, 2.24) is 0 Å². The molecule has 96 valence electrons. The van der Waals surface area contributed by atoms with E-state index in [1.165, 1.54) is 11.1 Å². The third-order valence-corrected chi connectivity index (χ3v) is 3.34. The lowest BCUT2D eigenvalue weighted by molar-refractivity contribution is 0.0697. The number of carboxylic acids is 1. The van der Waals surface area contributed by atoms with Gasteiger partial charge in [-0.2, -0.15) is 0 Å². The van der Waals surface area contributed by atoms with Gasteiger partial charge in [-0.05, 0) is 41.3 Å². The molecule has 2 aromatic carbocycles. The molecule has 1 aliphatic rings. The van der Waals surface area contributed by atoms with Crippen LogP contribution in [0, 0.1) is 0 Å². The number of aromatic carboxylic acids is 1. The summed E-state index contributed by atoms with van der Waals surface area (Å²) in [6.07, 6.45) is 1.70. The SMILES string of the molecule is O=C(O)c1cccc(Cc2ccc3c(c2)CCO3)c1. The van der Waals surface area contributed by atoms with Crippen LogP contribution in [0.5, 0.6) is 5.75 Å². The minimum Gasteiger partial charge on any atom is -0.493 e. The topological polar surface area (TPSA) is 46.5 Å². The molecule has 0 amide bonds. The van der Waals surface area contributed by atoms with Crippen LogP contribution in [0.25, 0.3) is 0 Å². The molecule has 1 N–H and O–H groups in total. The van der Waals surface area contributed by atoms with E-state index < -0.39 is 5.97 Å². The molecule has 0 saturated carbocycles. The highest BCUT2D eigenvalue weighted by Crippen LogP contribution is 2.26. The van der Waals surface area contributed by atoms with Gasteiger partial charge < -0.3 is 9.84 Å². The van der Waals surface area contributed by atoms with Crippen molar-refractivity contribution in [2.75, 3.05) is 6.61 Å². The third-order valence-electron chi connectivity index (χ3n) is 3.34. The van der Waals surface area contributed by atoms with Crippen molar-refractivity contribution in [1.29, 1.82) is 0 Å². The molecule has 3 rings (SSSR count). The largest absolute Gasteiger partial charge is 0.493 e. The summed E-state index contributed by atoms with van der Waals surface area (Å²) in [5.74, 6) is 0.0900. The zero-order valence-electron chi connectivity index (χ0n) is 10.4. The van der Waals surface area contributed by atoms with Crippen molar-refractivity contribution in [2.24, 2.45) is 0 Å². The number of ether oxygens (including phenoxy) is 1. The number of benzene rings is 2. The first kappa shape index (κ1) is 11.8. The fourth-order valence-corrected chi connectivity index (χ4v) is 2.40. The maximum Gasteiger partial charge on any atom is 0.335 e. The lowest BCUT2D eigenvalue weighted by atomic mass is 10.0. The van der Waals surface area contributed by atoms with Crippen molar-refractivity contribution < 1.29 is 14.6 Å². The number of carboxylic acid groups (broad SMARTS) is 1. The fourth-order valence-electron chi connectivity index (χ4n) is 2.40. The molecule has 3 nitrogen and oxygen atoms in total. The lowest BCUT2D eigenvalue weighted by Gasteiger charge is -2.05. The number of hydrogen-bond acceptors (Lipinski definition) is 2. The van der Waals surface area contributed by atoms with Gasteiger partial charge in [0.15, 0.2) is 0 Å². The van der Waals surface area contributed by atoms with Crippen LogP contribution in [0.2, 0.25) is 0 Å². The van der Waals surface area contributed by atoms with Gasteiger partial charge in [0.25, 0.3) is 0 Å². The van der Waals surface area contributed by atoms with Crippen molar-refractivity contribution >= 4 is 5.97 Å². The van der Waals surface area contributed by atoms with Crippen LogP contribution in [0.15, 0.2) is 42.5 Å². The first-order valence-corrected chi connectivity index (χ1v) is 6.29. The van der Waals surface area contributed by atoms with Gasteiger partial charge in [-0.15, -0.1) is 0 Å². The van der Waals surface area contributed by atoms with Gasteiger partial charge in [0.2, 0.25) is 0 Å². The number of carbonyl (C=O) groups is 1. The average molecular weight is 254 g/mol. The highest BCUT2D eigenvalue weighted by atomic mass is 16.5. The molecule has 0 aliphatic carbocycles. The van der Waals surface area contributed by atoms with Gasteiger partial charge in [-0.1, -0.05) is 24.3 Å². The van der Waals surface area contributed by atoms with E-state index in [1.54, 1.807) is 18.2 Å². The molecular weight excluding hydrogens is 240 g/mol. The summed E-state index contributed by atoms with van der Waals surface area (Å²) in [5, 5.41) is 8.99. The van der Waals surface area contributed by atoms with E-state index in [0.29, 0.717) is 5.56 Å². The molecule has 0 bridgehead atoms. The third kappa shape index (κ3) is 2.45. The van der Waals surface area contributed by atoms with Gasteiger partial charge in [-0.25, -0.2) is 4.79 Å². The molecule has 3 heteroatoms. The summed E-state index contributed by atoms with van der Waals surface area (Å²) >= 11 is 0. The standard InChI is InChI=1S/C16H14O3/c17-16(18)14-3-1-2-11(10-14)8-12-4-5-15-13(9-12)6-7-19-15/h1-5,9-10H,6-8H2,(H,17,18). The predicted octanol–water partition coefficient (Wildman–Crippen LogP) is 2.91. The lowest BCUT2D eigenvalue weighted by Crippen LogP contribution is -1.98. The molecule has 0 spiro atoms. The average Bonchev–Trinajstić information content (AvgIpc) is 2.86. The Kier molecular flexibility index (Phi) is 2.95. The second-order valence-electron chi connectivity index (χ2n) is 4.72. The molecule has 0 atom stereocenters. The predicted molar refractivity (Wildman–Crippen MR) is 71.8 cm³/mol. The first-order chi connectivity index (χ1) is 9.22. The second kappa shape index (κ2) is 4.76. The minimum absolute atomic E-state index is 0.335. The zero-order chi connectivity index (χ0) is 13.2. The van der Waals surface area contributed by atoms with E-state index in [0.717, 1.165) is 30.8 Å². The summed E-state index contributed by atoms with van der Waals surface area (Å²) in [4.78, 5) is 10.9. The quantitative estimate of drug-likeness (QED) is 0.916. The van der Waals surface area contributed by atoms with Crippen LogP contribution in [-0.2, 0) is 12.8 Å². The van der Waals surface area contributed by atoms with Crippen LogP contribution in [0.3, 0.4) is 0 Å². The minimum atomic E-state index is -0.885. The molecular formula is C16H14O3. The van der Waals surface area contributed by atoms with Crippen LogP contribution in [0.4, 0.5) is 0 Å². The van der Waals surface area contributed by atoms with Gasteiger partial charge in [0.05, 0.1) is 12.2 Å². The molecule has 0 unspecified atom stereocenters. The van der Waals surface area contributed by atoms with Gasteiger partial charge in [-0.3, -0.25) is 0 Å². The van der Waals surface area contributed by atoms with E-state index in [-0.39, 0.29) is 0 Å². The molecule has 1 heterocycles. The molecule has 19 heavy (non-hydrogen) atoms. The van der Waals surface area contributed by atoms with Gasteiger partial charge >= 0.3 is 5.97 Å². The fraction of sp³-hybridized carbons (Fsp3) is 0.188. The smallest absolute Gasteiger partial charge is 0.335 e. The maximum absolute atomic E-state index is 10.9. The first-order valence-electron chi connectivity index (χ1n) is 6.29. The van der Waals surface area contributed by atoms with Crippen LogP contribution in [0.1, 0.15) is 27.0 Å². The maximum atomic E-state index is 10.9. The Morgan fingerprint density at radius 3 is 2.84 bits per heavy atom. The number of rotatable bonds is 3. The molecule has 0 saturated heterocycles. The summed E-state index contributed by atoms with van der Waals surface area (Å²) in [6.45, 7) is 0.757. The Hall–Kier alpha value is -2.29. The summed E-state index contributed by atoms with van der Waals surface area (Å²) in [7, 11) is 0. The Morgan fingerprint density at radius 2 is 2.00 bits per heavy atom. The van der Waals surface area contributed by atoms with Crippen LogP contribution in [-0.4, -0.2) is 17.7 Å². The summed E-state index contributed by atoms with van der Waals surface area (Å²) in [6, 6.07) is 13.3. The van der Waals surface area contributed by atoms with Crippen LogP contribution >= 0.6 is 0 Å². The molecule has 1 aliphatic heterocycles. The summed E-state index contributed by atoms with van der Waals surface area (Å²) in [5.41, 5.74) is 3.78. The van der Waals surface area contributed by atoms with Gasteiger partial charge in [0, 0.05) is 6.42 Å². The zero-order valence-corrected chi connectivity index (χ0v) is 10.4. The number of hydrogen-bond donors (Lipinski definition) is 1. The van der Waals surface area contributed by atoms with E-state index >= 15 is 0 Å². The van der Waals surface area contributed by atoms with E-state index in [9.17, 15) is 4.79 Å². The molecule has 0 fully saturated rings. The van der Waals surface area contributed by atoms with E-state index in [4.69, 9.17) is 9.84 Å². The molecule has 2 aromatic rings. The highest BCUT2D eigenvalue weighted by Gasteiger charge is 2.12. The van der Waals surface area contributed by atoms with Crippen molar-refractivity contribution in [2.45, 2.75) is 12.8 Å². The normalized spacial score (nSPS) is 12.8. The Morgan fingerprint density at radius 1 is 1.16 bits per heavy atom. The van der Waals surface area contributed by atoms with Crippen molar-refractivity contribution in [3.8, 4) is 5.75 Å². The Labute approximate surface area is 111 Å². The van der Waals surface area contributed by atoms with Crippen molar-refractivity contribution in [3.05, 3.63) is 64.7 Å². The Bertz CT molecular complexity index is 632. The van der Waals surface area contributed by atoms with E-state index in [2.05, 4.69) is 6.07 Å². The highest BCUT2D eigenvalue weighted by molar-refractivity contribution is 5.87. The monoisotopic (exact) mass is 254 g/mol. The van der Waals surface area contributed by atoms with Crippen LogP contribution < -0.4 is 4.74 Å². The Balaban J connectivity index is 1.85. The summed E-state index contributed by atoms with van der Waals surface area (Å²) < 4.78 is 5.48. The van der Waals surface area contributed by atoms with E-state index in [1.807, 2.05) is 18.2 Å². The second-order valence-corrected chi connectivity index (χ2v) is 4.72. The molecule has 0 aromatic heterocycles. The molecule has 0 radical (unpaired) electrons. The van der Waals surface area contributed by atoms with Gasteiger partial charge in [0.1, 0.15) is 5.75 Å². The number of fused-ring (bicyclic) bond motifs is 1.